The molecule has 2 N–H and O–H groups in total. The van der Waals surface area contributed by atoms with Gasteiger partial charge in [-0.3, -0.25) is 9.59 Å². The lowest BCUT2D eigenvalue weighted by atomic mass is 10.2. The van der Waals surface area contributed by atoms with Gasteiger partial charge in [0.05, 0.1) is 34.1 Å². The average Bonchev–Trinajstić information content (AvgIpc) is 3.10. The summed E-state index contributed by atoms with van der Waals surface area (Å²) in [4.78, 5) is 31.3. The largest absolute Gasteiger partial charge is 0.323 e. The van der Waals surface area contributed by atoms with E-state index in [4.69, 9.17) is 0 Å². The summed E-state index contributed by atoms with van der Waals surface area (Å²) in [6.45, 7) is 0. The lowest BCUT2D eigenvalue weighted by molar-refractivity contribution is -0.113. The molecule has 0 saturated carbocycles. The number of rotatable bonds is 4. The van der Waals surface area contributed by atoms with Crippen LogP contribution >= 0.6 is 23.5 Å². The van der Waals surface area contributed by atoms with Crippen molar-refractivity contribution in [1.29, 1.82) is 0 Å². The van der Waals surface area contributed by atoms with Gasteiger partial charge in [0, 0.05) is 0 Å². The third kappa shape index (κ3) is 3.24. The zero-order valence-corrected chi connectivity index (χ0v) is 14.4. The number of aromatic amines is 1. The van der Waals surface area contributed by atoms with Gasteiger partial charge < -0.3 is 10.3 Å². The molecule has 2 aromatic carbocycles. The molecule has 0 fully saturated rings. The Morgan fingerprint density at radius 1 is 1.12 bits per heavy atom. The summed E-state index contributed by atoms with van der Waals surface area (Å²) in [5.74, 6) is -0.0869. The molecule has 9 heteroatoms. The maximum absolute atomic E-state index is 12.2. The Morgan fingerprint density at radius 2 is 1.96 bits per heavy atom. The molecule has 0 aliphatic carbocycles. The fourth-order valence-corrected chi connectivity index (χ4v) is 3.58. The van der Waals surface area contributed by atoms with E-state index < -0.39 is 0 Å². The lowest BCUT2D eigenvalue weighted by Crippen LogP contribution is -2.15. The Hall–Kier alpha value is -2.78. The molecule has 0 aliphatic rings. The molecule has 0 atom stereocenters. The Morgan fingerprint density at radius 3 is 2.88 bits per heavy atom. The van der Waals surface area contributed by atoms with E-state index in [0.717, 1.165) is 17.2 Å². The standard InChI is InChI=1S/C16H11N5O2S2/c22-13(17-11-6-3-7-12-14(11)21-25-20-12)8-24-16-18-10-5-2-1-4-9(10)15(23)19-16/h1-7H,8H2,(H,17,22)(H,18,19,23). The molecule has 124 valence electrons. The average molecular weight is 369 g/mol. The number of thioether (sulfide) groups is 1. The van der Waals surface area contributed by atoms with E-state index in [1.54, 1.807) is 24.3 Å². The molecule has 4 aromatic rings. The third-order valence-electron chi connectivity index (χ3n) is 3.49. The van der Waals surface area contributed by atoms with Gasteiger partial charge in [-0.1, -0.05) is 30.0 Å². The van der Waals surface area contributed by atoms with Crippen LogP contribution in [0.5, 0.6) is 0 Å². The van der Waals surface area contributed by atoms with Crippen LogP contribution in [0.4, 0.5) is 5.69 Å². The first kappa shape index (κ1) is 15.7. The summed E-state index contributed by atoms with van der Waals surface area (Å²) in [6, 6.07) is 12.5. The van der Waals surface area contributed by atoms with Crippen molar-refractivity contribution in [3.05, 3.63) is 52.8 Å². The van der Waals surface area contributed by atoms with E-state index in [9.17, 15) is 9.59 Å². The fraction of sp³-hybridized carbons (Fsp3) is 0.0625. The third-order valence-corrected chi connectivity index (χ3v) is 4.91. The van der Waals surface area contributed by atoms with Gasteiger partial charge in [0.25, 0.3) is 5.56 Å². The highest BCUT2D eigenvalue weighted by atomic mass is 32.2. The molecule has 2 heterocycles. The molecule has 4 rings (SSSR count). The van der Waals surface area contributed by atoms with E-state index in [0.29, 0.717) is 27.3 Å². The number of anilines is 1. The Labute approximate surface area is 149 Å². The van der Waals surface area contributed by atoms with Crippen LogP contribution in [-0.2, 0) is 4.79 Å². The van der Waals surface area contributed by atoms with Gasteiger partial charge in [0.1, 0.15) is 11.0 Å². The zero-order chi connectivity index (χ0) is 17.2. The van der Waals surface area contributed by atoms with Gasteiger partial charge >= 0.3 is 0 Å². The number of hydrogen-bond acceptors (Lipinski definition) is 7. The van der Waals surface area contributed by atoms with Crippen LogP contribution in [0.2, 0.25) is 0 Å². The van der Waals surface area contributed by atoms with Crippen molar-refractivity contribution in [2.75, 3.05) is 11.1 Å². The molecule has 0 spiro atoms. The Balaban J connectivity index is 1.49. The normalized spacial score (nSPS) is 11.0. The maximum atomic E-state index is 12.2. The predicted octanol–water partition coefficient (Wildman–Crippen LogP) is 2.66. The van der Waals surface area contributed by atoms with E-state index in [-0.39, 0.29) is 17.2 Å². The van der Waals surface area contributed by atoms with Crippen LogP contribution in [0, 0.1) is 0 Å². The smallest absolute Gasteiger partial charge is 0.259 e. The van der Waals surface area contributed by atoms with Crippen LogP contribution in [0.25, 0.3) is 21.9 Å². The van der Waals surface area contributed by atoms with Crippen molar-refractivity contribution < 1.29 is 4.79 Å². The number of carbonyl (C=O) groups is 1. The summed E-state index contributed by atoms with van der Waals surface area (Å²) >= 11 is 2.27. The summed E-state index contributed by atoms with van der Waals surface area (Å²) < 4.78 is 8.33. The van der Waals surface area contributed by atoms with E-state index in [1.807, 2.05) is 18.2 Å². The Kier molecular flexibility index (Phi) is 4.16. The molecule has 1 amide bonds. The lowest BCUT2D eigenvalue weighted by Gasteiger charge is -2.05. The Bertz CT molecular complexity index is 1140. The number of benzene rings is 2. The molecule has 25 heavy (non-hydrogen) atoms. The molecule has 0 bridgehead atoms. The number of para-hydroxylation sites is 1. The van der Waals surface area contributed by atoms with Gasteiger partial charge in [0.2, 0.25) is 5.91 Å². The van der Waals surface area contributed by atoms with Crippen molar-refractivity contribution in [2.24, 2.45) is 0 Å². The quantitative estimate of drug-likeness (QED) is 0.424. The number of amides is 1. The summed E-state index contributed by atoms with van der Waals surface area (Å²) in [5, 5.41) is 3.75. The predicted molar refractivity (Wildman–Crippen MR) is 99.1 cm³/mol. The first-order chi connectivity index (χ1) is 12.2. The highest BCUT2D eigenvalue weighted by Crippen LogP contribution is 2.22. The number of aromatic nitrogens is 4. The van der Waals surface area contributed by atoms with Crippen LogP contribution in [0.3, 0.4) is 0 Å². The number of nitrogens with one attached hydrogen (secondary N) is 2. The minimum absolute atomic E-state index is 0.120. The second-order valence-corrected chi connectivity index (χ2v) is 6.66. The van der Waals surface area contributed by atoms with Gasteiger partial charge in [-0.25, -0.2) is 4.98 Å². The molecular weight excluding hydrogens is 358 g/mol. The number of H-pyrrole nitrogens is 1. The molecular formula is C16H11N5O2S2. The number of nitrogens with zero attached hydrogens (tertiary/aromatic N) is 3. The van der Waals surface area contributed by atoms with Crippen LogP contribution in [-0.4, -0.2) is 30.4 Å². The number of hydrogen-bond donors (Lipinski definition) is 2. The van der Waals surface area contributed by atoms with Crippen molar-refractivity contribution in [2.45, 2.75) is 5.16 Å². The SMILES string of the molecule is O=C(CSc1nc2ccccc2c(=O)[nH]1)Nc1cccc2nsnc12. The molecule has 0 radical (unpaired) electrons. The van der Waals surface area contributed by atoms with Gasteiger partial charge in [0.15, 0.2) is 5.16 Å². The summed E-state index contributed by atoms with van der Waals surface area (Å²) in [7, 11) is 0. The van der Waals surface area contributed by atoms with E-state index in [1.165, 1.54) is 11.8 Å². The van der Waals surface area contributed by atoms with Crippen molar-refractivity contribution in [3.63, 3.8) is 0 Å². The topological polar surface area (TPSA) is 101 Å². The molecule has 0 saturated heterocycles. The second kappa shape index (κ2) is 6.61. The molecule has 7 nitrogen and oxygen atoms in total. The van der Waals surface area contributed by atoms with Crippen molar-refractivity contribution in [3.8, 4) is 0 Å². The molecule has 2 aromatic heterocycles. The molecule has 0 aliphatic heterocycles. The van der Waals surface area contributed by atoms with Crippen molar-refractivity contribution >= 4 is 57.0 Å². The van der Waals surface area contributed by atoms with Gasteiger partial charge in [-0.15, -0.1) is 0 Å². The highest BCUT2D eigenvalue weighted by Gasteiger charge is 2.10. The maximum Gasteiger partial charge on any atom is 0.259 e. The summed E-state index contributed by atoms with van der Waals surface area (Å²) in [6.07, 6.45) is 0. The van der Waals surface area contributed by atoms with Crippen LogP contribution < -0.4 is 10.9 Å². The van der Waals surface area contributed by atoms with Crippen LogP contribution in [0.1, 0.15) is 0 Å². The second-order valence-electron chi connectivity index (χ2n) is 5.16. The zero-order valence-electron chi connectivity index (χ0n) is 12.7. The van der Waals surface area contributed by atoms with Gasteiger partial charge in [-0.05, 0) is 24.3 Å². The van der Waals surface area contributed by atoms with Crippen LogP contribution in [0.15, 0.2) is 52.4 Å². The minimum atomic E-state index is -0.216. The van der Waals surface area contributed by atoms with Crippen molar-refractivity contribution in [1.82, 2.24) is 18.7 Å². The van der Waals surface area contributed by atoms with E-state index >= 15 is 0 Å². The minimum Gasteiger partial charge on any atom is -0.323 e. The first-order valence-corrected chi connectivity index (χ1v) is 9.05. The number of carbonyl (C=O) groups excluding carboxylic acids is 1. The highest BCUT2D eigenvalue weighted by molar-refractivity contribution is 7.99. The first-order valence-electron chi connectivity index (χ1n) is 7.34. The summed E-state index contributed by atoms with van der Waals surface area (Å²) in [5.41, 5.74) is 2.43. The number of fused-ring (bicyclic) bond motifs is 2. The monoisotopic (exact) mass is 369 g/mol. The van der Waals surface area contributed by atoms with E-state index in [2.05, 4.69) is 24.0 Å². The molecule has 0 unspecified atom stereocenters. The fourth-order valence-electron chi connectivity index (χ4n) is 2.36. The van der Waals surface area contributed by atoms with Gasteiger partial charge in [-0.2, -0.15) is 8.75 Å².